The Labute approximate surface area is 164 Å². The summed E-state index contributed by atoms with van der Waals surface area (Å²) in [6, 6.07) is 21.5. The predicted octanol–water partition coefficient (Wildman–Crippen LogP) is 5.71. The molecule has 1 N–H and O–H groups in total. The molecule has 0 aliphatic rings. The van der Waals surface area contributed by atoms with Crippen LogP contribution < -0.4 is 10.9 Å². The molecule has 138 valence electrons. The molecule has 28 heavy (non-hydrogen) atoms. The van der Waals surface area contributed by atoms with Gasteiger partial charge in [-0.05, 0) is 60.7 Å². The zero-order valence-corrected chi connectivity index (χ0v) is 15.3. The molecule has 0 saturated heterocycles. The van der Waals surface area contributed by atoms with Crippen LogP contribution in [0.5, 0.6) is 0 Å². The molecule has 0 aliphatic carbocycles. The molecule has 0 saturated carbocycles. The fourth-order valence-electron chi connectivity index (χ4n) is 2.68. The van der Waals surface area contributed by atoms with Crippen LogP contribution in [0.4, 0.5) is 15.8 Å². The molecular weight excluding hydrogens is 379 g/mol. The lowest BCUT2D eigenvalue weighted by Gasteiger charge is -2.07. The van der Waals surface area contributed by atoms with Crippen molar-refractivity contribution in [2.45, 2.75) is 0 Å². The third kappa shape index (κ3) is 3.94. The summed E-state index contributed by atoms with van der Waals surface area (Å²) in [5, 5.41) is 4.15. The van der Waals surface area contributed by atoms with Gasteiger partial charge in [0.1, 0.15) is 17.0 Å². The molecule has 0 fully saturated rings. The Balaban J connectivity index is 1.81. The molecule has 1 amide bonds. The molecule has 1 heterocycles. The standard InChI is InChI=1S/C22H14ClFN2O2/c23-15-5-9-17(10-6-15)25-21(27)19-13-14-3-1-2-4-20(14)28-22(19)26-18-11-7-16(24)8-12-18/h1-13H,(H,25,27). The Kier molecular flexibility index (Phi) is 4.91. The van der Waals surface area contributed by atoms with Crippen molar-refractivity contribution in [2.75, 3.05) is 5.32 Å². The van der Waals surface area contributed by atoms with E-state index >= 15 is 0 Å². The Hall–Kier alpha value is -3.44. The molecule has 1 aromatic heterocycles. The maximum Gasteiger partial charge on any atom is 0.261 e. The number of benzene rings is 3. The number of halogens is 2. The van der Waals surface area contributed by atoms with Crippen LogP contribution in [0.2, 0.25) is 5.02 Å². The summed E-state index contributed by atoms with van der Waals surface area (Å²) in [7, 11) is 0. The summed E-state index contributed by atoms with van der Waals surface area (Å²) in [6.45, 7) is 0. The molecule has 6 heteroatoms. The maximum atomic E-state index is 13.2. The minimum Gasteiger partial charge on any atom is -0.438 e. The number of fused-ring (bicyclic) bond motifs is 1. The average Bonchev–Trinajstić information content (AvgIpc) is 2.71. The van der Waals surface area contributed by atoms with E-state index in [2.05, 4.69) is 10.3 Å². The number of carbonyl (C=O) groups is 1. The number of rotatable bonds is 3. The van der Waals surface area contributed by atoms with Crippen LogP contribution in [0.1, 0.15) is 10.4 Å². The van der Waals surface area contributed by atoms with Crippen molar-refractivity contribution >= 4 is 39.9 Å². The van der Waals surface area contributed by atoms with Gasteiger partial charge in [-0.15, -0.1) is 0 Å². The lowest BCUT2D eigenvalue weighted by molar-refractivity contribution is 0.102. The number of amides is 1. The first-order valence-electron chi connectivity index (χ1n) is 8.48. The molecule has 4 rings (SSSR count). The SMILES string of the molecule is O=C(Nc1ccc(Cl)cc1)c1cc2ccccc2oc1=Nc1ccc(F)cc1. The second kappa shape index (κ2) is 7.66. The molecule has 0 bridgehead atoms. The van der Waals surface area contributed by atoms with Gasteiger partial charge in [-0.25, -0.2) is 9.38 Å². The fraction of sp³-hybridized carbons (Fsp3) is 0. The van der Waals surface area contributed by atoms with Gasteiger partial charge in [0.25, 0.3) is 5.91 Å². The van der Waals surface area contributed by atoms with Crippen molar-refractivity contribution in [1.29, 1.82) is 0 Å². The van der Waals surface area contributed by atoms with Crippen LogP contribution in [0.25, 0.3) is 11.0 Å². The lowest BCUT2D eigenvalue weighted by Crippen LogP contribution is -2.21. The quantitative estimate of drug-likeness (QED) is 0.485. The zero-order chi connectivity index (χ0) is 19.5. The number of hydrogen-bond acceptors (Lipinski definition) is 3. The van der Waals surface area contributed by atoms with E-state index in [4.69, 9.17) is 16.0 Å². The summed E-state index contributed by atoms with van der Waals surface area (Å²) < 4.78 is 19.0. The molecule has 3 aromatic carbocycles. The summed E-state index contributed by atoms with van der Waals surface area (Å²) >= 11 is 5.89. The fourth-order valence-corrected chi connectivity index (χ4v) is 2.81. The molecule has 0 aliphatic heterocycles. The number of para-hydroxylation sites is 1. The monoisotopic (exact) mass is 392 g/mol. The van der Waals surface area contributed by atoms with Crippen LogP contribution in [-0.2, 0) is 0 Å². The third-order valence-electron chi connectivity index (χ3n) is 4.06. The Bertz CT molecular complexity index is 1220. The third-order valence-corrected chi connectivity index (χ3v) is 4.31. The Morgan fingerprint density at radius 1 is 0.964 bits per heavy atom. The molecule has 0 unspecified atom stereocenters. The Morgan fingerprint density at radius 2 is 1.68 bits per heavy atom. The molecule has 4 aromatic rings. The van der Waals surface area contributed by atoms with Crippen molar-refractivity contribution < 1.29 is 13.6 Å². The van der Waals surface area contributed by atoms with Gasteiger partial charge in [-0.1, -0.05) is 29.8 Å². The Morgan fingerprint density at radius 3 is 2.43 bits per heavy atom. The molecule has 0 radical (unpaired) electrons. The highest BCUT2D eigenvalue weighted by Crippen LogP contribution is 2.18. The van der Waals surface area contributed by atoms with E-state index in [0.29, 0.717) is 22.0 Å². The van der Waals surface area contributed by atoms with E-state index in [-0.39, 0.29) is 22.8 Å². The van der Waals surface area contributed by atoms with Gasteiger partial charge in [-0.3, -0.25) is 4.79 Å². The van der Waals surface area contributed by atoms with Crippen LogP contribution in [0.3, 0.4) is 0 Å². The van der Waals surface area contributed by atoms with Crippen LogP contribution in [0.15, 0.2) is 88.3 Å². The van der Waals surface area contributed by atoms with Crippen molar-refractivity contribution in [3.63, 3.8) is 0 Å². The topological polar surface area (TPSA) is 54.6 Å². The smallest absolute Gasteiger partial charge is 0.261 e. The average molecular weight is 393 g/mol. The number of anilines is 1. The number of carbonyl (C=O) groups excluding carboxylic acids is 1. The highest BCUT2D eigenvalue weighted by Gasteiger charge is 2.13. The van der Waals surface area contributed by atoms with E-state index in [9.17, 15) is 9.18 Å². The van der Waals surface area contributed by atoms with Gasteiger partial charge in [0.05, 0.1) is 5.69 Å². The maximum absolute atomic E-state index is 13.2. The highest BCUT2D eigenvalue weighted by atomic mass is 35.5. The van der Waals surface area contributed by atoms with Crippen LogP contribution >= 0.6 is 11.6 Å². The molecular formula is C22H14ClFN2O2. The van der Waals surface area contributed by atoms with Crippen molar-refractivity contribution in [3.8, 4) is 0 Å². The van der Waals surface area contributed by atoms with Crippen LogP contribution in [0, 0.1) is 5.82 Å². The number of hydrogen-bond donors (Lipinski definition) is 1. The van der Waals surface area contributed by atoms with Gasteiger partial charge < -0.3 is 9.73 Å². The van der Waals surface area contributed by atoms with Crippen molar-refractivity contribution in [2.24, 2.45) is 4.99 Å². The largest absolute Gasteiger partial charge is 0.438 e. The second-order valence-corrected chi connectivity index (χ2v) is 6.49. The second-order valence-electron chi connectivity index (χ2n) is 6.05. The van der Waals surface area contributed by atoms with Crippen molar-refractivity contribution in [1.82, 2.24) is 0 Å². The van der Waals surface area contributed by atoms with Gasteiger partial charge in [0.15, 0.2) is 0 Å². The van der Waals surface area contributed by atoms with Gasteiger partial charge in [0.2, 0.25) is 5.55 Å². The number of nitrogens with zero attached hydrogens (tertiary/aromatic N) is 1. The van der Waals surface area contributed by atoms with Gasteiger partial charge in [-0.2, -0.15) is 0 Å². The van der Waals surface area contributed by atoms with Crippen molar-refractivity contribution in [3.05, 3.63) is 101 Å². The normalized spacial score (nSPS) is 11.6. The van der Waals surface area contributed by atoms with Gasteiger partial charge in [0, 0.05) is 16.1 Å². The summed E-state index contributed by atoms with van der Waals surface area (Å²) in [5.74, 6) is -0.743. The van der Waals surface area contributed by atoms with E-state index in [1.54, 1.807) is 36.4 Å². The minimum absolute atomic E-state index is 0.136. The van der Waals surface area contributed by atoms with Gasteiger partial charge >= 0.3 is 0 Å². The van der Waals surface area contributed by atoms with E-state index in [1.807, 2.05) is 18.2 Å². The first-order chi connectivity index (χ1) is 13.6. The lowest BCUT2D eigenvalue weighted by atomic mass is 10.1. The molecule has 0 atom stereocenters. The summed E-state index contributed by atoms with van der Waals surface area (Å²) in [6.07, 6.45) is 0. The molecule has 4 nitrogen and oxygen atoms in total. The first-order valence-corrected chi connectivity index (χ1v) is 8.86. The minimum atomic E-state index is -0.377. The molecule has 0 spiro atoms. The van der Waals surface area contributed by atoms with E-state index < -0.39 is 0 Å². The van der Waals surface area contributed by atoms with E-state index in [0.717, 1.165) is 5.39 Å². The van der Waals surface area contributed by atoms with Crippen LogP contribution in [-0.4, -0.2) is 5.91 Å². The number of nitrogens with one attached hydrogen (secondary N) is 1. The first kappa shape index (κ1) is 17.9. The highest BCUT2D eigenvalue weighted by molar-refractivity contribution is 6.30. The van der Waals surface area contributed by atoms with E-state index in [1.165, 1.54) is 24.3 Å². The summed E-state index contributed by atoms with van der Waals surface area (Å²) in [4.78, 5) is 17.3. The summed E-state index contributed by atoms with van der Waals surface area (Å²) in [5.41, 5.74) is 2.05. The predicted molar refractivity (Wildman–Crippen MR) is 107 cm³/mol. The zero-order valence-electron chi connectivity index (χ0n) is 14.5.